The Morgan fingerprint density at radius 2 is 2.15 bits per heavy atom. The molecule has 2 unspecified atom stereocenters. The molecule has 0 saturated heterocycles. The van der Waals surface area contributed by atoms with Gasteiger partial charge in [-0.15, -0.1) is 0 Å². The Kier molecular flexibility index (Phi) is 5.17. The SMILES string of the molecule is CCCN(C1CCc2cccc(OC)c2C1)C(C)c1cnn2ccccc12. The third kappa shape index (κ3) is 3.34. The molecule has 1 aliphatic carbocycles. The van der Waals surface area contributed by atoms with Crippen LogP contribution in [0.15, 0.2) is 48.8 Å². The normalized spacial score (nSPS) is 17.9. The number of fused-ring (bicyclic) bond motifs is 2. The van der Waals surface area contributed by atoms with Crippen LogP contribution in [0.4, 0.5) is 0 Å². The first kappa shape index (κ1) is 18.1. The summed E-state index contributed by atoms with van der Waals surface area (Å²) >= 11 is 0. The first-order chi connectivity index (χ1) is 13.2. The number of methoxy groups -OCH3 is 1. The van der Waals surface area contributed by atoms with Gasteiger partial charge in [0.1, 0.15) is 5.75 Å². The van der Waals surface area contributed by atoms with E-state index >= 15 is 0 Å². The minimum absolute atomic E-state index is 0.339. The van der Waals surface area contributed by atoms with Gasteiger partial charge in [0.2, 0.25) is 0 Å². The summed E-state index contributed by atoms with van der Waals surface area (Å²) in [6.45, 7) is 5.70. The molecule has 4 nitrogen and oxygen atoms in total. The van der Waals surface area contributed by atoms with Gasteiger partial charge in [0.05, 0.1) is 18.8 Å². The molecule has 3 aromatic rings. The van der Waals surface area contributed by atoms with Crippen molar-refractivity contribution in [2.45, 2.75) is 51.6 Å². The molecule has 27 heavy (non-hydrogen) atoms. The van der Waals surface area contributed by atoms with E-state index in [0.717, 1.165) is 31.6 Å². The zero-order chi connectivity index (χ0) is 18.8. The first-order valence-corrected chi connectivity index (χ1v) is 10.1. The number of aromatic nitrogens is 2. The van der Waals surface area contributed by atoms with Gasteiger partial charge in [-0.1, -0.05) is 25.1 Å². The molecule has 0 radical (unpaired) electrons. The zero-order valence-corrected chi connectivity index (χ0v) is 16.6. The largest absolute Gasteiger partial charge is 0.496 e. The summed E-state index contributed by atoms with van der Waals surface area (Å²) < 4.78 is 7.64. The number of nitrogens with zero attached hydrogens (tertiary/aromatic N) is 3. The number of ether oxygens (including phenoxy) is 1. The quantitative estimate of drug-likeness (QED) is 0.637. The van der Waals surface area contributed by atoms with Crippen molar-refractivity contribution in [1.29, 1.82) is 0 Å². The number of hydrogen-bond donors (Lipinski definition) is 0. The molecule has 2 aromatic heterocycles. The predicted octanol–water partition coefficient (Wildman–Crippen LogP) is 4.67. The molecule has 0 bridgehead atoms. The minimum atomic E-state index is 0.339. The lowest BCUT2D eigenvalue weighted by atomic mass is 9.86. The number of benzene rings is 1. The van der Waals surface area contributed by atoms with Crippen molar-refractivity contribution in [2.24, 2.45) is 0 Å². The molecule has 142 valence electrons. The average molecular weight is 364 g/mol. The van der Waals surface area contributed by atoms with Gasteiger partial charge in [-0.3, -0.25) is 4.90 Å². The molecule has 0 fully saturated rings. The molecule has 2 heterocycles. The maximum Gasteiger partial charge on any atom is 0.122 e. The third-order valence-corrected chi connectivity index (χ3v) is 5.99. The van der Waals surface area contributed by atoms with Crippen molar-refractivity contribution >= 4 is 5.52 Å². The standard InChI is InChI=1S/C23H29N3O/c1-4-13-25(17(2)21-16-24-26-14-6-5-9-22(21)26)19-12-11-18-8-7-10-23(27-3)20(18)15-19/h5-10,14,16-17,19H,4,11-13,15H2,1-3H3. The van der Waals surface area contributed by atoms with Gasteiger partial charge in [-0.25, -0.2) is 4.52 Å². The Labute approximate surface area is 161 Å². The molecule has 0 aliphatic heterocycles. The van der Waals surface area contributed by atoms with Crippen LogP contribution < -0.4 is 4.74 Å². The van der Waals surface area contributed by atoms with E-state index in [1.807, 2.05) is 23.0 Å². The fourth-order valence-corrected chi connectivity index (χ4v) is 4.62. The second kappa shape index (κ2) is 7.73. The van der Waals surface area contributed by atoms with Gasteiger partial charge in [0, 0.05) is 23.8 Å². The molecular formula is C23H29N3O. The van der Waals surface area contributed by atoms with Crippen LogP contribution >= 0.6 is 0 Å². The fraction of sp³-hybridized carbons (Fsp3) is 0.435. The van der Waals surface area contributed by atoms with Crippen LogP contribution in [0.3, 0.4) is 0 Å². The highest BCUT2D eigenvalue weighted by Gasteiger charge is 2.30. The van der Waals surface area contributed by atoms with Gasteiger partial charge in [-0.2, -0.15) is 5.10 Å². The molecular weight excluding hydrogens is 334 g/mol. The second-order valence-corrected chi connectivity index (χ2v) is 7.54. The van der Waals surface area contributed by atoms with Crippen LogP contribution in [0.5, 0.6) is 5.75 Å². The van der Waals surface area contributed by atoms with E-state index in [9.17, 15) is 0 Å². The topological polar surface area (TPSA) is 29.8 Å². The Morgan fingerprint density at radius 1 is 1.26 bits per heavy atom. The summed E-state index contributed by atoms with van der Waals surface area (Å²) in [6.07, 6.45) is 8.60. The summed E-state index contributed by atoms with van der Waals surface area (Å²) in [5, 5.41) is 4.56. The average Bonchev–Trinajstić information content (AvgIpc) is 3.15. The van der Waals surface area contributed by atoms with Gasteiger partial charge in [-0.05, 0) is 68.5 Å². The van der Waals surface area contributed by atoms with E-state index in [2.05, 4.69) is 54.2 Å². The summed E-state index contributed by atoms with van der Waals surface area (Å²) in [5.74, 6) is 1.04. The van der Waals surface area contributed by atoms with Crippen molar-refractivity contribution in [3.63, 3.8) is 0 Å². The summed E-state index contributed by atoms with van der Waals surface area (Å²) in [5.41, 5.74) is 5.37. The molecule has 0 amide bonds. The molecule has 1 aliphatic rings. The van der Waals surface area contributed by atoms with Gasteiger partial charge >= 0.3 is 0 Å². The van der Waals surface area contributed by atoms with Crippen LogP contribution in [0.25, 0.3) is 5.52 Å². The van der Waals surface area contributed by atoms with Crippen molar-refractivity contribution in [3.8, 4) is 5.75 Å². The van der Waals surface area contributed by atoms with Crippen molar-refractivity contribution < 1.29 is 4.74 Å². The molecule has 1 aromatic carbocycles. The maximum absolute atomic E-state index is 5.66. The summed E-state index contributed by atoms with van der Waals surface area (Å²) in [7, 11) is 1.78. The summed E-state index contributed by atoms with van der Waals surface area (Å²) in [4.78, 5) is 2.68. The Morgan fingerprint density at radius 3 is 2.96 bits per heavy atom. The fourth-order valence-electron chi connectivity index (χ4n) is 4.62. The number of aryl methyl sites for hydroxylation is 1. The lowest BCUT2D eigenvalue weighted by Gasteiger charge is -2.39. The van der Waals surface area contributed by atoms with Gasteiger partial charge in [0.15, 0.2) is 0 Å². The maximum atomic E-state index is 5.66. The van der Waals surface area contributed by atoms with E-state index in [1.54, 1.807) is 7.11 Å². The highest BCUT2D eigenvalue weighted by atomic mass is 16.5. The monoisotopic (exact) mass is 363 g/mol. The number of pyridine rings is 1. The van der Waals surface area contributed by atoms with Crippen molar-refractivity contribution in [3.05, 3.63) is 65.5 Å². The molecule has 4 rings (SSSR count). The first-order valence-electron chi connectivity index (χ1n) is 10.1. The zero-order valence-electron chi connectivity index (χ0n) is 16.6. The Hall–Kier alpha value is -2.33. The van der Waals surface area contributed by atoms with Gasteiger partial charge < -0.3 is 4.74 Å². The van der Waals surface area contributed by atoms with E-state index in [-0.39, 0.29) is 0 Å². The predicted molar refractivity (Wildman–Crippen MR) is 109 cm³/mol. The highest BCUT2D eigenvalue weighted by molar-refractivity contribution is 5.54. The second-order valence-electron chi connectivity index (χ2n) is 7.54. The van der Waals surface area contributed by atoms with Gasteiger partial charge in [0.25, 0.3) is 0 Å². The van der Waals surface area contributed by atoms with Crippen LogP contribution in [0.1, 0.15) is 49.4 Å². The molecule has 0 spiro atoms. The van der Waals surface area contributed by atoms with E-state index < -0.39 is 0 Å². The Bertz CT molecular complexity index is 903. The summed E-state index contributed by atoms with van der Waals surface area (Å²) in [6, 6.07) is 13.6. The van der Waals surface area contributed by atoms with Crippen LogP contribution in [0, 0.1) is 0 Å². The number of rotatable bonds is 6. The van der Waals surface area contributed by atoms with Crippen molar-refractivity contribution in [1.82, 2.24) is 14.5 Å². The molecule has 0 N–H and O–H groups in total. The van der Waals surface area contributed by atoms with Crippen LogP contribution in [-0.4, -0.2) is 34.2 Å². The molecule has 0 saturated carbocycles. The lowest BCUT2D eigenvalue weighted by Crippen LogP contribution is -2.41. The Balaban J connectivity index is 1.65. The smallest absolute Gasteiger partial charge is 0.122 e. The highest BCUT2D eigenvalue weighted by Crippen LogP contribution is 2.35. The molecule has 4 heteroatoms. The molecule has 2 atom stereocenters. The van der Waals surface area contributed by atoms with Crippen molar-refractivity contribution in [2.75, 3.05) is 13.7 Å². The van der Waals surface area contributed by atoms with E-state index in [0.29, 0.717) is 12.1 Å². The number of hydrogen-bond acceptors (Lipinski definition) is 3. The minimum Gasteiger partial charge on any atom is -0.496 e. The van der Waals surface area contributed by atoms with Crippen LogP contribution in [0.2, 0.25) is 0 Å². The van der Waals surface area contributed by atoms with E-state index in [1.165, 1.54) is 28.6 Å². The van der Waals surface area contributed by atoms with Crippen LogP contribution in [-0.2, 0) is 12.8 Å². The third-order valence-electron chi connectivity index (χ3n) is 5.99. The van der Waals surface area contributed by atoms with E-state index in [4.69, 9.17) is 4.74 Å². The lowest BCUT2D eigenvalue weighted by molar-refractivity contribution is 0.130.